The third kappa shape index (κ3) is 3.95. The van der Waals surface area contributed by atoms with Gasteiger partial charge in [0.05, 0.1) is 0 Å². The molecule has 0 heterocycles. The summed E-state index contributed by atoms with van der Waals surface area (Å²) in [6.45, 7) is 2.00. The van der Waals surface area contributed by atoms with Crippen molar-refractivity contribution < 1.29 is 43.7 Å². The van der Waals surface area contributed by atoms with Gasteiger partial charge in [0.15, 0.2) is 0 Å². The minimum absolute atomic E-state index is 0.0878. The molecule has 0 aliphatic rings. The second kappa shape index (κ2) is 6.54. The van der Waals surface area contributed by atoms with Crippen LogP contribution >= 0.6 is 0 Å². The highest BCUT2D eigenvalue weighted by Gasteiger charge is 2.34. The maximum absolute atomic E-state index is 11.5. The number of rotatable bonds is 3. The van der Waals surface area contributed by atoms with Crippen molar-refractivity contribution >= 4 is 47.9 Å². The Kier molecular flexibility index (Phi) is 5.49. The zero-order valence-electron chi connectivity index (χ0n) is 11.5. The van der Waals surface area contributed by atoms with Crippen molar-refractivity contribution in [3.05, 3.63) is 30.3 Å². The van der Waals surface area contributed by atoms with Gasteiger partial charge in [-0.2, -0.15) is 25.3 Å². The summed E-state index contributed by atoms with van der Waals surface area (Å²) in [4.78, 5) is 3.69. The molecule has 2 aromatic carbocycles. The molecule has 3 N–H and O–H groups in total. The van der Waals surface area contributed by atoms with Gasteiger partial charge in [-0.05, 0) is 11.5 Å². The maximum Gasteiger partial charge on any atom is 0.297 e. The molecule has 2 aromatic rings. The lowest BCUT2D eigenvalue weighted by Gasteiger charge is -2.12. The van der Waals surface area contributed by atoms with Gasteiger partial charge in [-0.15, -0.1) is 0 Å². The monoisotopic (exact) mass is 398 g/mol. The van der Waals surface area contributed by atoms with Crippen molar-refractivity contribution in [3.8, 4) is 0 Å². The van der Waals surface area contributed by atoms with Gasteiger partial charge in [0.2, 0.25) is 0 Å². The average Bonchev–Trinajstić information content (AvgIpc) is 2.44. The molecule has 13 heteroatoms. The van der Waals surface area contributed by atoms with Crippen molar-refractivity contribution in [3.63, 3.8) is 0 Å². The average molecular weight is 398 g/mol. The van der Waals surface area contributed by atoms with Crippen LogP contribution in [0.3, 0.4) is 0 Å². The first-order chi connectivity index (χ1) is 10.8. The normalized spacial score (nSPS) is 12.5. The fourth-order valence-electron chi connectivity index (χ4n) is 1.96. The first-order valence-corrected chi connectivity index (χ1v) is 9.92. The van der Waals surface area contributed by atoms with E-state index in [0.29, 0.717) is 6.07 Å². The summed E-state index contributed by atoms with van der Waals surface area (Å²) in [6, 6.07) is 5.69. The number of benzene rings is 2. The van der Waals surface area contributed by atoms with Gasteiger partial charge in [-0.1, -0.05) is 24.3 Å². The maximum atomic E-state index is 11.5. The second-order valence-electron chi connectivity index (χ2n) is 4.18. The molecule has 132 valence electrons. The molecule has 0 bridgehead atoms. The van der Waals surface area contributed by atoms with Crippen LogP contribution in [0.25, 0.3) is 10.8 Å². The van der Waals surface area contributed by atoms with Crippen LogP contribution in [0.15, 0.2) is 45.0 Å². The summed E-state index contributed by atoms with van der Waals surface area (Å²) >= 11 is 0. The van der Waals surface area contributed by atoms with Gasteiger partial charge < -0.3 is 4.79 Å². The lowest BCUT2D eigenvalue weighted by Crippen LogP contribution is -2.15. The highest BCUT2D eigenvalue weighted by molar-refractivity contribution is 7.90. The van der Waals surface area contributed by atoms with E-state index in [9.17, 15) is 29.8 Å². The van der Waals surface area contributed by atoms with Crippen LogP contribution in [0, 0.1) is 0 Å². The van der Waals surface area contributed by atoms with Crippen molar-refractivity contribution in [2.75, 3.05) is 0 Å². The third-order valence-corrected chi connectivity index (χ3v) is 5.73. The molecular formula is C11H10O10S3. The minimum Gasteiger partial charge on any atom is -0.307 e. The van der Waals surface area contributed by atoms with E-state index in [1.165, 1.54) is 18.2 Å². The molecule has 0 aliphatic heterocycles. The summed E-state index contributed by atoms with van der Waals surface area (Å²) in [7, 11) is -15.8. The van der Waals surface area contributed by atoms with E-state index in [1.54, 1.807) is 0 Å². The molecule has 0 spiro atoms. The molecule has 0 fully saturated rings. The van der Waals surface area contributed by atoms with Crippen LogP contribution in [0.2, 0.25) is 0 Å². The van der Waals surface area contributed by atoms with Crippen LogP contribution in [-0.2, 0) is 35.1 Å². The Morgan fingerprint density at radius 3 is 1.58 bits per heavy atom. The van der Waals surface area contributed by atoms with Crippen LogP contribution in [0.5, 0.6) is 0 Å². The molecule has 0 amide bonds. The molecule has 0 aliphatic carbocycles. The minimum atomic E-state index is -5.40. The molecule has 2 rings (SSSR count). The molecule has 24 heavy (non-hydrogen) atoms. The Hall–Kier alpha value is -1.90. The predicted molar refractivity (Wildman–Crippen MR) is 80.5 cm³/mol. The largest absolute Gasteiger partial charge is 0.307 e. The molecule has 0 saturated heterocycles. The molecular weight excluding hydrogens is 388 g/mol. The fourth-order valence-corrected chi connectivity index (χ4v) is 5.37. The lowest BCUT2D eigenvalue weighted by molar-refractivity contribution is -0.0980. The van der Waals surface area contributed by atoms with Crippen LogP contribution < -0.4 is 0 Å². The van der Waals surface area contributed by atoms with Crippen LogP contribution in [-0.4, -0.2) is 45.7 Å². The van der Waals surface area contributed by atoms with E-state index < -0.39 is 45.0 Å². The molecule has 0 radical (unpaired) electrons. The lowest BCUT2D eigenvalue weighted by atomic mass is 10.1. The van der Waals surface area contributed by atoms with E-state index in [1.807, 2.05) is 6.79 Å². The van der Waals surface area contributed by atoms with E-state index in [0.717, 1.165) is 6.07 Å². The van der Waals surface area contributed by atoms with Crippen molar-refractivity contribution in [1.29, 1.82) is 0 Å². The quantitative estimate of drug-likeness (QED) is 0.612. The topological polar surface area (TPSA) is 180 Å². The molecule has 0 aromatic heterocycles. The van der Waals surface area contributed by atoms with Gasteiger partial charge in [0.25, 0.3) is 30.4 Å². The fraction of sp³-hybridized carbons (Fsp3) is 0. The first-order valence-electron chi connectivity index (χ1n) is 5.60. The summed E-state index contributed by atoms with van der Waals surface area (Å²) in [5.74, 6) is 0. The zero-order chi connectivity index (χ0) is 18.9. The predicted octanol–water partition coefficient (Wildman–Crippen LogP) is 0.395. The summed E-state index contributed by atoms with van der Waals surface area (Å²) in [6.07, 6.45) is 0. The van der Waals surface area contributed by atoms with E-state index in [-0.39, 0.29) is 10.8 Å². The highest BCUT2D eigenvalue weighted by atomic mass is 32.2. The van der Waals surface area contributed by atoms with Gasteiger partial charge in [-0.25, -0.2) is 0 Å². The smallest absolute Gasteiger partial charge is 0.297 e. The van der Waals surface area contributed by atoms with Crippen molar-refractivity contribution in [2.45, 2.75) is 14.7 Å². The molecule has 0 unspecified atom stereocenters. The summed E-state index contributed by atoms with van der Waals surface area (Å²) in [5.41, 5.74) is 0. The second-order valence-corrected chi connectivity index (χ2v) is 8.29. The Labute approximate surface area is 137 Å². The Morgan fingerprint density at radius 1 is 0.708 bits per heavy atom. The Bertz CT molecular complexity index is 1100. The molecule has 0 saturated carbocycles. The summed E-state index contributed by atoms with van der Waals surface area (Å²) < 4.78 is 96.0. The van der Waals surface area contributed by atoms with Crippen LogP contribution in [0.1, 0.15) is 0 Å². The zero-order valence-corrected chi connectivity index (χ0v) is 14.0. The van der Waals surface area contributed by atoms with E-state index >= 15 is 0 Å². The van der Waals surface area contributed by atoms with Crippen molar-refractivity contribution in [2.24, 2.45) is 0 Å². The number of hydrogen-bond donors (Lipinski definition) is 3. The summed E-state index contributed by atoms with van der Waals surface area (Å²) in [5, 5.41) is -0.430. The van der Waals surface area contributed by atoms with Gasteiger partial charge in [-0.3, -0.25) is 13.7 Å². The third-order valence-electron chi connectivity index (χ3n) is 2.72. The SMILES string of the molecule is C=O.O=S(=O)(O)c1cc2ccccc2c(S(=O)(=O)O)c1S(=O)(=O)O. The number of hydrogen-bond acceptors (Lipinski definition) is 7. The van der Waals surface area contributed by atoms with E-state index in [2.05, 4.69) is 0 Å². The Balaban J connectivity index is 0.00000139. The number of fused-ring (bicyclic) bond motifs is 1. The van der Waals surface area contributed by atoms with Gasteiger partial charge >= 0.3 is 0 Å². The van der Waals surface area contributed by atoms with Gasteiger partial charge in [0.1, 0.15) is 21.5 Å². The number of carbonyl (C=O) groups excluding carboxylic acids is 1. The standard InChI is InChI=1S/C10H8O9S3.CH2O/c11-20(12,13)8-5-6-3-1-2-4-7(6)9(21(14,15)16)10(8)22(17,18)19;1-2/h1-5H,(H,11,12,13)(H,14,15,16)(H,17,18,19);1H2. The van der Waals surface area contributed by atoms with Gasteiger partial charge in [0, 0.05) is 5.39 Å². The number of carbonyl (C=O) groups is 1. The van der Waals surface area contributed by atoms with E-state index in [4.69, 9.17) is 13.9 Å². The highest BCUT2D eigenvalue weighted by Crippen LogP contribution is 2.35. The Morgan fingerprint density at radius 2 is 1.17 bits per heavy atom. The van der Waals surface area contributed by atoms with Crippen molar-refractivity contribution in [1.82, 2.24) is 0 Å². The van der Waals surface area contributed by atoms with Crippen LogP contribution in [0.4, 0.5) is 0 Å². The first kappa shape index (κ1) is 20.1. The molecule has 0 atom stereocenters. The molecule has 10 nitrogen and oxygen atoms in total.